The molecule has 1 N–H and O–H groups in total. The van der Waals surface area contributed by atoms with Crippen LogP contribution in [-0.2, 0) is 0 Å². The second-order valence-corrected chi connectivity index (χ2v) is 6.33. The molecule has 0 aliphatic carbocycles. The van der Waals surface area contributed by atoms with E-state index in [9.17, 15) is 24.0 Å². The van der Waals surface area contributed by atoms with E-state index >= 15 is 0 Å². The lowest BCUT2D eigenvalue weighted by molar-refractivity contribution is -0.387. The fraction of sp³-hybridized carbons (Fsp3) is 0.167. The predicted octanol–water partition coefficient (Wildman–Crippen LogP) is 4.14. The number of thiophene rings is 1. The van der Waals surface area contributed by atoms with E-state index in [0.717, 1.165) is 35.2 Å². The maximum Gasteiger partial charge on any atom is 0.294 e. The van der Waals surface area contributed by atoms with Gasteiger partial charge >= 0.3 is 0 Å². The summed E-state index contributed by atoms with van der Waals surface area (Å²) in [7, 11) is 0. The van der Waals surface area contributed by atoms with Crippen LogP contribution in [0.1, 0.15) is 17.9 Å². The Balaban J connectivity index is 2.39. The summed E-state index contributed by atoms with van der Waals surface area (Å²) in [5.74, 6) is -1.49. The summed E-state index contributed by atoms with van der Waals surface area (Å²) in [5.41, 5.74) is -0.195. The van der Waals surface area contributed by atoms with E-state index in [-0.39, 0.29) is 14.8 Å². The summed E-state index contributed by atoms with van der Waals surface area (Å²) in [6, 6.07) is 4.29. The first-order valence-electron chi connectivity index (χ1n) is 5.47. The van der Waals surface area contributed by atoms with Crippen molar-refractivity contribution >= 4 is 28.8 Å². The molecule has 0 aliphatic rings. The van der Waals surface area contributed by atoms with Gasteiger partial charge in [0.15, 0.2) is 0 Å². The van der Waals surface area contributed by atoms with E-state index in [1.165, 1.54) is 19.1 Å². The summed E-state index contributed by atoms with van der Waals surface area (Å²) in [5, 5.41) is 20.4. The van der Waals surface area contributed by atoms with Gasteiger partial charge in [-0.15, -0.1) is 11.3 Å². The van der Waals surface area contributed by atoms with E-state index in [0.29, 0.717) is 4.88 Å². The first-order chi connectivity index (χ1) is 9.38. The molecule has 106 valence electrons. The Morgan fingerprint density at radius 1 is 1.40 bits per heavy atom. The third kappa shape index (κ3) is 3.14. The summed E-state index contributed by atoms with van der Waals surface area (Å²) in [4.78, 5) is 10.9. The summed E-state index contributed by atoms with van der Waals surface area (Å²) < 4.78 is 26.6. The fourth-order valence-corrected chi connectivity index (χ4v) is 3.69. The van der Waals surface area contributed by atoms with Gasteiger partial charge in [0.05, 0.1) is 11.0 Å². The molecule has 2 aromatic rings. The molecule has 1 aromatic heterocycles. The zero-order valence-electron chi connectivity index (χ0n) is 10.2. The van der Waals surface area contributed by atoms with Crippen molar-refractivity contribution in [1.29, 1.82) is 0 Å². The van der Waals surface area contributed by atoms with Crippen LogP contribution in [-0.4, -0.2) is 10.0 Å². The minimum atomic E-state index is -0.842. The van der Waals surface area contributed by atoms with E-state index in [4.69, 9.17) is 0 Å². The Morgan fingerprint density at radius 3 is 2.65 bits per heavy atom. The molecule has 4 nitrogen and oxygen atoms in total. The number of aliphatic hydroxyl groups excluding tert-OH is 1. The van der Waals surface area contributed by atoms with E-state index in [1.54, 1.807) is 0 Å². The number of nitro groups is 1. The smallest absolute Gasteiger partial charge is 0.294 e. The quantitative estimate of drug-likeness (QED) is 0.680. The van der Waals surface area contributed by atoms with Crippen molar-refractivity contribution in [2.45, 2.75) is 22.1 Å². The molecule has 0 radical (unpaired) electrons. The van der Waals surface area contributed by atoms with Crippen LogP contribution in [0.3, 0.4) is 0 Å². The molecule has 0 fully saturated rings. The number of rotatable bonds is 4. The number of halogens is 2. The molecule has 0 saturated heterocycles. The molecule has 2 rings (SSSR count). The van der Waals surface area contributed by atoms with Crippen LogP contribution in [0, 0.1) is 21.7 Å². The van der Waals surface area contributed by atoms with E-state index in [1.807, 2.05) is 0 Å². The highest BCUT2D eigenvalue weighted by atomic mass is 32.2. The Labute approximate surface area is 121 Å². The standard InChI is InChI=1S/C12H9F2NO3S2/c1-6(16)11-5-9(15(17)18)12(20-11)19-10-3-2-7(13)4-8(10)14/h2-6,16H,1H3/t6-/m1/s1. The SMILES string of the molecule is C[C@@H](O)c1cc([N+](=O)[O-])c(Sc2ccc(F)cc2F)s1. The Kier molecular flexibility index (Phi) is 4.36. The highest BCUT2D eigenvalue weighted by Crippen LogP contribution is 2.43. The van der Waals surface area contributed by atoms with Crippen LogP contribution in [0.25, 0.3) is 0 Å². The van der Waals surface area contributed by atoms with Crippen molar-refractivity contribution in [3.05, 3.63) is 50.9 Å². The van der Waals surface area contributed by atoms with Crippen molar-refractivity contribution < 1.29 is 18.8 Å². The number of hydrogen-bond acceptors (Lipinski definition) is 5. The average Bonchev–Trinajstić information content (AvgIpc) is 2.77. The molecule has 1 aromatic carbocycles. The van der Waals surface area contributed by atoms with Crippen molar-refractivity contribution in [2.75, 3.05) is 0 Å². The lowest BCUT2D eigenvalue weighted by Gasteiger charge is -2.01. The zero-order chi connectivity index (χ0) is 14.9. The Hall–Kier alpha value is -1.51. The van der Waals surface area contributed by atoms with Gasteiger partial charge in [0.2, 0.25) is 0 Å². The molecule has 0 amide bonds. The van der Waals surface area contributed by atoms with Gasteiger partial charge in [0.25, 0.3) is 5.69 Å². The van der Waals surface area contributed by atoms with Gasteiger partial charge in [-0.3, -0.25) is 10.1 Å². The number of aliphatic hydroxyl groups is 1. The number of benzene rings is 1. The van der Waals surface area contributed by atoms with Gasteiger partial charge in [-0.2, -0.15) is 0 Å². The van der Waals surface area contributed by atoms with Crippen molar-refractivity contribution in [2.24, 2.45) is 0 Å². The third-order valence-electron chi connectivity index (χ3n) is 2.40. The first-order valence-corrected chi connectivity index (χ1v) is 7.11. The molecule has 0 saturated carbocycles. The average molecular weight is 317 g/mol. The van der Waals surface area contributed by atoms with Gasteiger partial charge in [0, 0.05) is 21.9 Å². The second-order valence-electron chi connectivity index (χ2n) is 3.93. The summed E-state index contributed by atoms with van der Waals surface area (Å²) >= 11 is 1.85. The maximum atomic E-state index is 13.6. The molecule has 1 heterocycles. The van der Waals surface area contributed by atoms with E-state index in [2.05, 4.69) is 0 Å². The monoisotopic (exact) mass is 317 g/mol. The number of hydrogen-bond donors (Lipinski definition) is 1. The molecule has 0 unspecified atom stereocenters. The highest BCUT2D eigenvalue weighted by Gasteiger charge is 2.22. The zero-order valence-corrected chi connectivity index (χ0v) is 11.8. The van der Waals surface area contributed by atoms with Crippen LogP contribution in [0.15, 0.2) is 33.4 Å². The highest BCUT2D eigenvalue weighted by molar-refractivity contribution is 8.01. The summed E-state index contributed by atoms with van der Waals surface area (Å²) in [6.45, 7) is 1.49. The normalized spacial score (nSPS) is 12.4. The lowest BCUT2D eigenvalue weighted by atomic mass is 10.3. The molecule has 20 heavy (non-hydrogen) atoms. The largest absolute Gasteiger partial charge is 0.388 e. The molecule has 8 heteroatoms. The fourth-order valence-electron chi connectivity index (χ4n) is 1.45. The maximum absolute atomic E-state index is 13.6. The van der Waals surface area contributed by atoms with Crippen molar-refractivity contribution in [3.8, 4) is 0 Å². The van der Waals surface area contributed by atoms with Crippen LogP contribution in [0.2, 0.25) is 0 Å². The van der Waals surface area contributed by atoms with Crippen LogP contribution in [0.4, 0.5) is 14.5 Å². The molecular weight excluding hydrogens is 308 g/mol. The third-order valence-corrected chi connectivity index (χ3v) is 4.94. The van der Waals surface area contributed by atoms with Crippen LogP contribution in [0.5, 0.6) is 0 Å². The lowest BCUT2D eigenvalue weighted by Crippen LogP contribution is -1.88. The topological polar surface area (TPSA) is 63.4 Å². The second kappa shape index (κ2) is 5.86. The minimum absolute atomic E-state index is 0.0912. The predicted molar refractivity (Wildman–Crippen MR) is 72.1 cm³/mol. The molecule has 0 spiro atoms. The first kappa shape index (κ1) is 14.9. The van der Waals surface area contributed by atoms with E-state index < -0.39 is 22.7 Å². The van der Waals surface area contributed by atoms with Gasteiger partial charge in [-0.25, -0.2) is 8.78 Å². The Bertz CT molecular complexity index is 658. The van der Waals surface area contributed by atoms with Gasteiger partial charge < -0.3 is 5.11 Å². The van der Waals surface area contributed by atoms with Gasteiger partial charge in [0.1, 0.15) is 15.8 Å². The number of nitrogens with zero attached hydrogens (tertiary/aromatic N) is 1. The molecular formula is C12H9F2NO3S2. The van der Waals surface area contributed by atoms with Crippen LogP contribution < -0.4 is 0 Å². The van der Waals surface area contributed by atoms with Gasteiger partial charge in [-0.05, 0) is 19.1 Å². The summed E-state index contributed by atoms with van der Waals surface area (Å²) in [6.07, 6.45) is -0.842. The molecule has 1 atom stereocenters. The molecule has 0 bridgehead atoms. The Morgan fingerprint density at radius 2 is 2.10 bits per heavy atom. The van der Waals surface area contributed by atoms with Crippen molar-refractivity contribution in [1.82, 2.24) is 0 Å². The molecule has 0 aliphatic heterocycles. The van der Waals surface area contributed by atoms with Crippen molar-refractivity contribution in [3.63, 3.8) is 0 Å². The minimum Gasteiger partial charge on any atom is -0.388 e. The van der Waals surface area contributed by atoms with Gasteiger partial charge in [-0.1, -0.05) is 11.8 Å². The van der Waals surface area contributed by atoms with Crippen LogP contribution >= 0.6 is 23.1 Å².